The highest BCUT2D eigenvalue weighted by Gasteiger charge is 2.31. The largest absolute Gasteiger partial charge is 0.481 e. The first-order valence-electron chi connectivity index (χ1n) is 8.84. The lowest BCUT2D eigenvalue weighted by Gasteiger charge is -2.30. The number of carboxylic acid groups (broad SMARTS) is 1. The van der Waals surface area contributed by atoms with Gasteiger partial charge in [0.2, 0.25) is 0 Å². The van der Waals surface area contributed by atoms with Gasteiger partial charge >= 0.3 is 5.97 Å². The molecule has 138 valence electrons. The van der Waals surface area contributed by atoms with E-state index in [0.29, 0.717) is 22.2 Å². The quantitative estimate of drug-likeness (QED) is 0.592. The maximum Gasteiger partial charge on any atom is 0.303 e. The number of aryl methyl sites for hydroxylation is 1. The summed E-state index contributed by atoms with van der Waals surface area (Å²) in [6.45, 7) is 4.55. The fourth-order valence-electron chi connectivity index (χ4n) is 3.32. The second-order valence-electron chi connectivity index (χ2n) is 6.40. The number of benzene rings is 1. The summed E-state index contributed by atoms with van der Waals surface area (Å²) in [5.74, 6) is -0.990. The minimum absolute atomic E-state index is 0.0355. The number of fused-ring (bicyclic) bond motifs is 1. The van der Waals surface area contributed by atoms with E-state index in [1.165, 1.54) is 34.3 Å². The number of rotatable bonds is 6. The SMILES string of the molecule is CCN1CCCc2ccc(/C=C3/SC(=S)N(CCCC(=O)O)C3=O)cc21. The Kier molecular flexibility index (Phi) is 5.98. The summed E-state index contributed by atoms with van der Waals surface area (Å²) in [4.78, 5) is 27.7. The van der Waals surface area contributed by atoms with Crippen molar-refractivity contribution in [3.63, 3.8) is 0 Å². The minimum Gasteiger partial charge on any atom is -0.481 e. The Hall–Kier alpha value is -1.86. The van der Waals surface area contributed by atoms with Crippen LogP contribution >= 0.6 is 24.0 Å². The van der Waals surface area contributed by atoms with Crippen LogP contribution < -0.4 is 4.90 Å². The second-order valence-corrected chi connectivity index (χ2v) is 8.08. The number of carbonyl (C=O) groups excluding carboxylic acids is 1. The van der Waals surface area contributed by atoms with Crippen molar-refractivity contribution in [2.75, 3.05) is 24.5 Å². The molecular weight excluding hydrogens is 368 g/mol. The molecule has 0 bridgehead atoms. The zero-order valence-corrected chi connectivity index (χ0v) is 16.4. The van der Waals surface area contributed by atoms with Crippen molar-refractivity contribution in [2.24, 2.45) is 0 Å². The van der Waals surface area contributed by atoms with Gasteiger partial charge in [0.1, 0.15) is 4.32 Å². The van der Waals surface area contributed by atoms with Gasteiger partial charge in [-0.15, -0.1) is 0 Å². The molecule has 0 radical (unpaired) electrons. The topological polar surface area (TPSA) is 60.9 Å². The molecule has 2 aliphatic rings. The van der Waals surface area contributed by atoms with Crippen LogP contribution in [0.4, 0.5) is 5.69 Å². The van der Waals surface area contributed by atoms with Crippen LogP contribution in [0.15, 0.2) is 23.1 Å². The van der Waals surface area contributed by atoms with Gasteiger partial charge < -0.3 is 10.0 Å². The molecule has 0 aromatic heterocycles. The molecule has 1 amide bonds. The van der Waals surface area contributed by atoms with Gasteiger partial charge in [-0.3, -0.25) is 14.5 Å². The van der Waals surface area contributed by atoms with E-state index in [1.807, 2.05) is 6.08 Å². The van der Waals surface area contributed by atoms with Gasteiger partial charge in [-0.2, -0.15) is 0 Å². The van der Waals surface area contributed by atoms with Crippen molar-refractivity contribution in [1.82, 2.24) is 4.90 Å². The molecule has 1 fully saturated rings. The summed E-state index contributed by atoms with van der Waals surface area (Å²) in [5, 5.41) is 8.75. The number of aliphatic carboxylic acids is 1. The van der Waals surface area contributed by atoms with Gasteiger partial charge in [-0.25, -0.2) is 0 Å². The van der Waals surface area contributed by atoms with Crippen LogP contribution in [0.25, 0.3) is 6.08 Å². The molecule has 1 aromatic carbocycles. The van der Waals surface area contributed by atoms with Crippen molar-refractivity contribution in [1.29, 1.82) is 0 Å². The first kappa shape index (κ1) is 18.9. The van der Waals surface area contributed by atoms with Crippen LogP contribution in [0, 0.1) is 0 Å². The lowest BCUT2D eigenvalue weighted by atomic mass is 9.99. The van der Waals surface area contributed by atoms with Crippen molar-refractivity contribution >= 4 is 51.9 Å². The molecule has 7 heteroatoms. The maximum atomic E-state index is 12.6. The molecule has 3 rings (SSSR count). The first-order chi connectivity index (χ1) is 12.5. The highest BCUT2D eigenvalue weighted by Crippen LogP contribution is 2.34. The number of nitrogens with zero attached hydrogens (tertiary/aromatic N) is 2. The minimum atomic E-state index is -0.861. The summed E-state index contributed by atoms with van der Waals surface area (Å²) in [5.41, 5.74) is 3.61. The summed E-state index contributed by atoms with van der Waals surface area (Å²) < 4.78 is 0.500. The number of thiocarbonyl (C=S) groups is 1. The molecule has 26 heavy (non-hydrogen) atoms. The normalized spacial score (nSPS) is 18.6. The molecule has 0 atom stereocenters. The zero-order valence-electron chi connectivity index (χ0n) is 14.7. The Morgan fingerprint density at radius 2 is 2.23 bits per heavy atom. The summed E-state index contributed by atoms with van der Waals surface area (Å²) in [6, 6.07) is 6.35. The molecule has 0 saturated carbocycles. The van der Waals surface area contributed by atoms with Gasteiger partial charge in [0.15, 0.2) is 0 Å². The molecule has 1 N–H and O–H groups in total. The first-order valence-corrected chi connectivity index (χ1v) is 10.1. The molecule has 0 unspecified atom stereocenters. The van der Waals surface area contributed by atoms with E-state index in [4.69, 9.17) is 17.3 Å². The number of hydrogen-bond acceptors (Lipinski definition) is 5. The number of anilines is 1. The van der Waals surface area contributed by atoms with Crippen molar-refractivity contribution in [2.45, 2.75) is 32.6 Å². The van der Waals surface area contributed by atoms with Crippen LogP contribution in [0.1, 0.15) is 37.3 Å². The van der Waals surface area contributed by atoms with E-state index in [9.17, 15) is 9.59 Å². The molecular formula is C19H22N2O3S2. The average molecular weight is 391 g/mol. The van der Waals surface area contributed by atoms with Gasteiger partial charge in [0, 0.05) is 31.7 Å². The third-order valence-electron chi connectivity index (χ3n) is 4.65. The van der Waals surface area contributed by atoms with E-state index in [0.717, 1.165) is 25.1 Å². The van der Waals surface area contributed by atoms with Gasteiger partial charge in [-0.05, 0) is 49.5 Å². The van der Waals surface area contributed by atoms with Crippen LogP contribution in [0.3, 0.4) is 0 Å². The van der Waals surface area contributed by atoms with Crippen LogP contribution in [0.2, 0.25) is 0 Å². The fraction of sp³-hybridized carbons (Fsp3) is 0.421. The average Bonchev–Trinajstić information content (AvgIpc) is 2.88. The monoisotopic (exact) mass is 390 g/mol. The van der Waals surface area contributed by atoms with Crippen molar-refractivity contribution in [3.8, 4) is 0 Å². The van der Waals surface area contributed by atoms with E-state index >= 15 is 0 Å². The number of carboxylic acids is 1. The number of thioether (sulfide) groups is 1. The Labute approximate surface area is 163 Å². The van der Waals surface area contributed by atoms with Gasteiger partial charge in [0.25, 0.3) is 5.91 Å². The van der Waals surface area contributed by atoms with Crippen LogP contribution in [-0.2, 0) is 16.0 Å². The Morgan fingerprint density at radius 3 is 2.96 bits per heavy atom. The van der Waals surface area contributed by atoms with E-state index in [2.05, 4.69) is 30.0 Å². The smallest absolute Gasteiger partial charge is 0.303 e. The van der Waals surface area contributed by atoms with Gasteiger partial charge in [0.05, 0.1) is 4.91 Å². The number of carbonyl (C=O) groups is 2. The Morgan fingerprint density at radius 1 is 1.42 bits per heavy atom. The third-order valence-corrected chi connectivity index (χ3v) is 6.03. The Balaban J connectivity index is 1.77. The van der Waals surface area contributed by atoms with E-state index in [1.54, 1.807) is 0 Å². The molecule has 2 aliphatic heterocycles. The van der Waals surface area contributed by atoms with Gasteiger partial charge in [-0.1, -0.05) is 36.1 Å². The predicted octanol–water partition coefficient (Wildman–Crippen LogP) is 3.53. The van der Waals surface area contributed by atoms with E-state index in [-0.39, 0.29) is 12.3 Å². The van der Waals surface area contributed by atoms with Crippen molar-refractivity contribution in [3.05, 3.63) is 34.2 Å². The molecule has 5 nitrogen and oxygen atoms in total. The number of amides is 1. The lowest BCUT2D eigenvalue weighted by Crippen LogP contribution is -2.29. The van der Waals surface area contributed by atoms with E-state index < -0.39 is 5.97 Å². The predicted molar refractivity (Wildman–Crippen MR) is 109 cm³/mol. The third kappa shape index (κ3) is 4.10. The molecule has 1 saturated heterocycles. The molecule has 1 aromatic rings. The highest BCUT2D eigenvalue weighted by molar-refractivity contribution is 8.26. The summed E-state index contributed by atoms with van der Waals surface area (Å²) >= 11 is 6.58. The van der Waals surface area contributed by atoms with Crippen LogP contribution in [0.5, 0.6) is 0 Å². The second kappa shape index (κ2) is 8.22. The summed E-state index contributed by atoms with van der Waals surface area (Å²) in [7, 11) is 0. The molecule has 0 aliphatic carbocycles. The van der Waals surface area contributed by atoms with Crippen LogP contribution in [-0.4, -0.2) is 45.8 Å². The Bertz CT molecular complexity index is 776. The standard InChI is InChI=1S/C19H22N2O3S2/c1-2-20-9-3-5-14-8-7-13(11-15(14)20)12-16-18(24)21(19(25)26-16)10-4-6-17(22)23/h7-8,11-12H,2-6,9-10H2,1H3,(H,22,23)/b16-12+. The summed E-state index contributed by atoms with van der Waals surface area (Å²) in [6.07, 6.45) is 4.60. The van der Waals surface area contributed by atoms with Crippen molar-refractivity contribution < 1.29 is 14.7 Å². The molecule has 2 heterocycles. The lowest BCUT2D eigenvalue weighted by molar-refractivity contribution is -0.137. The maximum absolute atomic E-state index is 12.6. The highest BCUT2D eigenvalue weighted by atomic mass is 32.2. The number of hydrogen-bond donors (Lipinski definition) is 1. The molecule has 0 spiro atoms. The fourth-order valence-corrected chi connectivity index (χ4v) is 4.63. The zero-order chi connectivity index (χ0) is 18.7.